The van der Waals surface area contributed by atoms with E-state index in [1.165, 1.54) is 5.56 Å². The van der Waals surface area contributed by atoms with Crippen molar-refractivity contribution in [3.8, 4) is 0 Å². The van der Waals surface area contributed by atoms with Gasteiger partial charge in [-0.1, -0.05) is 49.4 Å². The molecule has 27 heavy (non-hydrogen) atoms. The van der Waals surface area contributed by atoms with Crippen LogP contribution in [0.3, 0.4) is 0 Å². The molecule has 2 rings (SSSR count). The molecular weight excluding hydrogens is 340 g/mol. The number of rotatable bonds is 10. The van der Waals surface area contributed by atoms with Crippen molar-refractivity contribution in [3.63, 3.8) is 0 Å². The van der Waals surface area contributed by atoms with E-state index < -0.39 is 6.04 Å². The van der Waals surface area contributed by atoms with Crippen LogP contribution in [-0.4, -0.2) is 38.1 Å². The lowest BCUT2D eigenvalue weighted by Gasteiger charge is -2.19. The maximum Gasteiger partial charge on any atom is 0.251 e. The topological polar surface area (TPSA) is 67.4 Å². The Labute approximate surface area is 161 Å². The van der Waals surface area contributed by atoms with Gasteiger partial charge in [-0.25, -0.2) is 0 Å². The van der Waals surface area contributed by atoms with Crippen molar-refractivity contribution < 1.29 is 14.3 Å². The molecule has 0 heterocycles. The number of methoxy groups -OCH3 is 1. The number of benzene rings is 2. The average molecular weight is 368 g/mol. The van der Waals surface area contributed by atoms with Crippen molar-refractivity contribution in [2.75, 3.05) is 20.3 Å². The first-order valence-electron chi connectivity index (χ1n) is 9.34. The lowest BCUT2D eigenvalue weighted by Crippen LogP contribution is -2.48. The van der Waals surface area contributed by atoms with Gasteiger partial charge >= 0.3 is 0 Å². The van der Waals surface area contributed by atoms with Gasteiger partial charge in [0.05, 0.1) is 0 Å². The van der Waals surface area contributed by atoms with Crippen LogP contribution in [0.25, 0.3) is 0 Å². The van der Waals surface area contributed by atoms with Gasteiger partial charge in [-0.15, -0.1) is 0 Å². The number of nitrogens with one attached hydrogen (secondary N) is 2. The average Bonchev–Trinajstić information content (AvgIpc) is 2.71. The van der Waals surface area contributed by atoms with Gasteiger partial charge < -0.3 is 15.4 Å². The van der Waals surface area contributed by atoms with E-state index in [-0.39, 0.29) is 11.8 Å². The van der Waals surface area contributed by atoms with Gasteiger partial charge in [0, 0.05) is 32.2 Å². The monoisotopic (exact) mass is 368 g/mol. The summed E-state index contributed by atoms with van der Waals surface area (Å²) in [7, 11) is 1.63. The predicted octanol–water partition coefficient (Wildman–Crippen LogP) is 2.74. The number of hydrogen-bond donors (Lipinski definition) is 2. The zero-order valence-corrected chi connectivity index (χ0v) is 16.0. The van der Waals surface area contributed by atoms with Crippen molar-refractivity contribution in [2.24, 2.45) is 0 Å². The molecule has 1 atom stereocenters. The standard InChI is InChI=1S/C22H28N2O3/c1-3-17-10-12-19(13-11-17)21(25)24-20(16-18-8-5-4-6-9-18)22(26)23-14-7-15-27-2/h4-6,8-13,20H,3,7,14-16H2,1-2H3,(H,23,26)(H,24,25)/t20-/m1/s1. The Morgan fingerprint density at radius 2 is 1.70 bits per heavy atom. The summed E-state index contributed by atoms with van der Waals surface area (Å²) in [6.45, 7) is 3.16. The second kappa shape index (κ2) is 11.1. The van der Waals surface area contributed by atoms with Gasteiger partial charge in [0.1, 0.15) is 6.04 Å². The highest BCUT2D eigenvalue weighted by atomic mass is 16.5. The zero-order valence-electron chi connectivity index (χ0n) is 16.0. The minimum Gasteiger partial charge on any atom is -0.385 e. The summed E-state index contributed by atoms with van der Waals surface area (Å²) in [4.78, 5) is 25.2. The fourth-order valence-corrected chi connectivity index (χ4v) is 2.74. The largest absolute Gasteiger partial charge is 0.385 e. The summed E-state index contributed by atoms with van der Waals surface area (Å²) in [5.41, 5.74) is 2.72. The molecular formula is C22H28N2O3. The van der Waals surface area contributed by atoms with Gasteiger partial charge in [-0.2, -0.15) is 0 Å². The molecule has 0 aliphatic carbocycles. The number of hydrogen-bond acceptors (Lipinski definition) is 3. The molecule has 0 aliphatic heterocycles. The van der Waals surface area contributed by atoms with E-state index in [0.717, 1.165) is 18.4 Å². The molecule has 5 heteroatoms. The van der Waals surface area contributed by atoms with E-state index >= 15 is 0 Å². The van der Waals surface area contributed by atoms with Crippen LogP contribution in [0, 0.1) is 0 Å². The highest BCUT2D eigenvalue weighted by molar-refractivity contribution is 5.97. The Hall–Kier alpha value is -2.66. The lowest BCUT2D eigenvalue weighted by molar-refractivity contribution is -0.123. The van der Waals surface area contributed by atoms with E-state index in [4.69, 9.17) is 4.74 Å². The molecule has 2 aromatic carbocycles. The zero-order chi connectivity index (χ0) is 19.5. The summed E-state index contributed by atoms with van der Waals surface area (Å²) >= 11 is 0. The first-order chi connectivity index (χ1) is 13.1. The molecule has 0 saturated carbocycles. The number of carbonyl (C=O) groups is 2. The molecule has 0 aliphatic rings. The minimum atomic E-state index is -0.631. The van der Waals surface area contributed by atoms with Gasteiger partial charge in [0.2, 0.25) is 5.91 Å². The van der Waals surface area contributed by atoms with Crippen molar-refractivity contribution in [1.82, 2.24) is 10.6 Å². The van der Waals surface area contributed by atoms with Crippen LogP contribution in [0.2, 0.25) is 0 Å². The Balaban J connectivity index is 2.05. The quantitative estimate of drug-likeness (QED) is 0.634. The number of amides is 2. The third-order valence-electron chi connectivity index (χ3n) is 4.35. The third kappa shape index (κ3) is 6.87. The summed E-state index contributed by atoms with van der Waals surface area (Å²) in [5.74, 6) is -0.431. The minimum absolute atomic E-state index is 0.187. The second-order valence-corrected chi connectivity index (χ2v) is 6.40. The summed E-state index contributed by atoms with van der Waals surface area (Å²) in [5, 5.41) is 5.76. The number of aryl methyl sites for hydroxylation is 1. The van der Waals surface area contributed by atoms with E-state index in [1.54, 1.807) is 19.2 Å². The molecule has 0 unspecified atom stereocenters. The van der Waals surface area contributed by atoms with Crippen LogP contribution in [0.5, 0.6) is 0 Å². The number of ether oxygens (including phenoxy) is 1. The van der Waals surface area contributed by atoms with Crippen molar-refractivity contribution >= 4 is 11.8 Å². The summed E-state index contributed by atoms with van der Waals surface area (Å²) in [6, 6.07) is 16.5. The Kier molecular flexibility index (Phi) is 8.52. The molecule has 2 N–H and O–H groups in total. The molecule has 0 aromatic heterocycles. The molecule has 0 fully saturated rings. The van der Waals surface area contributed by atoms with E-state index in [2.05, 4.69) is 17.6 Å². The lowest BCUT2D eigenvalue weighted by atomic mass is 10.0. The van der Waals surface area contributed by atoms with Gasteiger partial charge in [0.15, 0.2) is 0 Å². The molecule has 0 radical (unpaired) electrons. The first-order valence-corrected chi connectivity index (χ1v) is 9.34. The maximum atomic E-state index is 12.6. The summed E-state index contributed by atoms with van der Waals surface area (Å²) < 4.78 is 5.00. The molecule has 2 amide bonds. The van der Waals surface area contributed by atoms with Crippen molar-refractivity contribution in [3.05, 3.63) is 71.3 Å². The molecule has 0 bridgehead atoms. The van der Waals surface area contributed by atoms with Crippen LogP contribution < -0.4 is 10.6 Å². The van der Waals surface area contributed by atoms with E-state index in [1.807, 2.05) is 42.5 Å². The molecule has 144 valence electrons. The van der Waals surface area contributed by atoms with Crippen molar-refractivity contribution in [2.45, 2.75) is 32.2 Å². The van der Waals surface area contributed by atoms with Crippen LogP contribution in [0.15, 0.2) is 54.6 Å². The van der Waals surface area contributed by atoms with Crippen LogP contribution in [-0.2, 0) is 22.4 Å². The Morgan fingerprint density at radius 3 is 2.33 bits per heavy atom. The Bertz CT molecular complexity index is 714. The molecule has 0 saturated heterocycles. The van der Waals surface area contributed by atoms with E-state index in [9.17, 15) is 9.59 Å². The second-order valence-electron chi connectivity index (χ2n) is 6.40. The van der Waals surface area contributed by atoms with Gasteiger partial charge in [-0.3, -0.25) is 9.59 Å². The highest BCUT2D eigenvalue weighted by Gasteiger charge is 2.21. The highest BCUT2D eigenvalue weighted by Crippen LogP contribution is 2.08. The van der Waals surface area contributed by atoms with Crippen LogP contribution in [0.1, 0.15) is 34.8 Å². The molecule has 2 aromatic rings. The van der Waals surface area contributed by atoms with Gasteiger partial charge in [0.25, 0.3) is 5.91 Å². The summed E-state index contributed by atoms with van der Waals surface area (Å²) in [6.07, 6.45) is 2.09. The fraction of sp³-hybridized carbons (Fsp3) is 0.364. The first kappa shape index (κ1) is 20.6. The third-order valence-corrected chi connectivity index (χ3v) is 4.35. The number of carbonyl (C=O) groups excluding carboxylic acids is 2. The molecule has 5 nitrogen and oxygen atoms in total. The molecule has 0 spiro atoms. The maximum absolute atomic E-state index is 12.6. The Morgan fingerprint density at radius 1 is 1.00 bits per heavy atom. The fourth-order valence-electron chi connectivity index (χ4n) is 2.74. The van der Waals surface area contributed by atoms with Gasteiger partial charge in [-0.05, 0) is 36.1 Å². The van der Waals surface area contributed by atoms with Crippen LogP contribution in [0.4, 0.5) is 0 Å². The predicted molar refractivity (Wildman–Crippen MR) is 107 cm³/mol. The SMILES string of the molecule is CCc1ccc(C(=O)N[C@H](Cc2ccccc2)C(=O)NCCCOC)cc1. The normalized spacial score (nSPS) is 11.6. The smallest absolute Gasteiger partial charge is 0.251 e. The van der Waals surface area contributed by atoms with Crippen LogP contribution >= 0.6 is 0 Å². The van der Waals surface area contributed by atoms with Crippen molar-refractivity contribution in [1.29, 1.82) is 0 Å². The van der Waals surface area contributed by atoms with E-state index in [0.29, 0.717) is 25.1 Å².